The molecule has 11 heavy (non-hydrogen) atoms. The average molecular weight is 242 g/mol. The van der Waals surface area contributed by atoms with E-state index in [4.69, 9.17) is 0 Å². The summed E-state index contributed by atoms with van der Waals surface area (Å²) in [4.78, 5) is 9.57. The Morgan fingerprint density at radius 3 is 1.82 bits per heavy atom. The number of halogens is 3. The molecule has 1 radical (unpaired) electrons. The van der Waals surface area contributed by atoms with Crippen molar-refractivity contribution in [3.63, 3.8) is 0 Å². The minimum Gasteiger partial charge on any atom is -0.316 e. The molecule has 0 aliphatic heterocycles. The van der Waals surface area contributed by atoms with Gasteiger partial charge >= 0.3 is 22.9 Å². The van der Waals surface area contributed by atoms with Crippen LogP contribution in [0.3, 0.4) is 0 Å². The maximum absolute atomic E-state index is 11.2. The summed E-state index contributed by atoms with van der Waals surface area (Å²) < 4.78 is 54.5. The molecular formula is C2HCuF3O4S. The third-order valence-corrected chi connectivity index (χ3v) is 0.723. The Bertz CT molecular complexity index is 223. The molecule has 0 heterocycles. The quantitative estimate of drug-likeness (QED) is 0.505. The molecule has 0 spiro atoms. The zero-order valence-electron chi connectivity index (χ0n) is 4.55. The van der Waals surface area contributed by atoms with E-state index in [1.54, 1.807) is 0 Å². The summed E-state index contributed by atoms with van der Waals surface area (Å²) in [5.41, 5.74) is 0. The molecule has 0 aromatic heterocycles. The molecule has 9 heteroatoms. The summed E-state index contributed by atoms with van der Waals surface area (Å²) in [6.45, 7) is 0. The Balaban J connectivity index is 0. The van der Waals surface area contributed by atoms with Crippen LogP contribution < -0.4 is 0 Å². The molecule has 4 nitrogen and oxygen atoms in total. The average Bonchev–Trinajstić information content (AvgIpc) is 1.60. The van der Waals surface area contributed by atoms with Gasteiger partial charge in [0.25, 0.3) is 0 Å². The molecule has 0 aliphatic carbocycles. The van der Waals surface area contributed by atoms with Crippen LogP contribution in [0.2, 0.25) is 0 Å². The van der Waals surface area contributed by atoms with Crippen molar-refractivity contribution in [2.24, 2.45) is 0 Å². The maximum atomic E-state index is 11.2. The van der Waals surface area contributed by atoms with Crippen molar-refractivity contribution in [1.29, 1.82) is 0 Å². The van der Waals surface area contributed by atoms with Gasteiger partial charge in [-0.25, -0.2) is 4.79 Å². The Morgan fingerprint density at radius 1 is 1.36 bits per heavy atom. The van der Waals surface area contributed by atoms with E-state index in [-0.39, 0.29) is 17.1 Å². The molecule has 0 aliphatic rings. The van der Waals surface area contributed by atoms with Crippen LogP contribution in [-0.2, 0) is 36.6 Å². The molecule has 0 aromatic carbocycles. The molecular weight excluding hydrogens is 241 g/mol. The zero-order valence-corrected chi connectivity index (χ0v) is 6.31. The van der Waals surface area contributed by atoms with E-state index in [0.717, 1.165) is 0 Å². The van der Waals surface area contributed by atoms with Crippen molar-refractivity contribution in [3.8, 4) is 0 Å². The molecule has 0 N–H and O–H groups in total. The van der Waals surface area contributed by atoms with Crippen LogP contribution in [0.5, 0.6) is 0 Å². The van der Waals surface area contributed by atoms with E-state index < -0.39 is 22.9 Å². The normalized spacial score (nSPS) is 10.5. The van der Waals surface area contributed by atoms with Crippen LogP contribution in [-0.4, -0.2) is 20.8 Å². The molecule has 0 saturated heterocycles. The first-order valence-corrected chi connectivity index (χ1v) is 3.10. The maximum Gasteiger partial charge on any atom is 0.491 e. The molecule has 0 unspecified atom stereocenters. The Hall–Kier alpha value is -0.271. The second-order valence-corrected chi connectivity index (χ2v) is 2.05. The first kappa shape index (κ1) is 13.3. The summed E-state index contributed by atoms with van der Waals surface area (Å²) in [6, 6.07) is 0. The Kier molecular flexibility index (Phi) is 5.54. The van der Waals surface area contributed by atoms with Crippen molar-refractivity contribution in [1.82, 2.24) is 0 Å². The van der Waals surface area contributed by atoms with Crippen LogP contribution in [0, 0.1) is 0 Å². The SMILES string of the molecule is O=C(OS(=O)(=O)F)C(F)F.[Cu]. The third kappa shape index (κ3) is 7.63. The van der Waals surface area contributed by atoms with Gasteiger partial charge in [-0.3, -0.25) is 0 Å². The summed E-state index contributed by atoms with van der Waals surface area (Å²) in [5.74, 6) is -2.43. The van der Waals surface area contributed by atoms with Crippen LogP contribution in [0.1, 0.15) is 0 Å². The molecule has 0 saturated carbocycles. The summed E-state index contributed by atoms with van der Waals surface area (Å²) >= 11 is 0. The van der Waals surface area contributed by atoms with Crippen molar-refractivity contribution in [2.75, 3.05) is 0 Å². The zero-order chi connectivity index (χ0) is 8.36. The van der Waals surface area contributed by atoms with Crippen molar-refractivity contribution in [3.05, 3.63) is 0 Å². The smallest absolute Gasteiger partial charge is 0.316 e. The second-order valence-electron chi connectivity index (χ2n) is 1.10. The molecule has 0 aromatic rings. The molecule has 0 amide bonds. The van der Waals surface area contributed by atoms with Gasteiger partial charge in [-0.2, -0.15) is 17.2 Å². The van der Waals surface area contributed by atoms with Crippen molar-refractivity contribution in [2.45, 2.75) is 6.43 Å². The van der Waals surface area contributed by atoms with Gasteiger partial charge < -0.3 is 4.18 Å². The van der Waals surface area contributed by atoms with Gasteiger partial charge in [0, 0.05) is 17.1 Å². The monoisotopic (exact) mass is 241 g/mol. The molecule has 0 rings (SSSR count). The third-order valence-electron chi connectivity index (χ3n) is 0.360. The molecule has 0 atom stereocenters. The van der Waals surface area contributed by atoms with E-state index in [1.165, 1.54) is 0 Å². The number of hydrogen-bond donors (Lipinski definition) is 0. The van der Waals surface area contributed by atoms with E-state index in [0.29, 0.717) is 0 Å². The minimum absolute atomic E-state index is 0. The van der Waals surface area contributed by atoms with Crippen molar-refractivity contribution < 1.29 is 47.1 Å². The van der Waals surface area contributed by atoms with Crippen LogP contribution in [0.4, 0.5) is 12.7 Å². The standard InChI is InChI=1S/C2HF3O4S.Cu/c3-1(4)2(6)9-10(5,7)8;/h1H;. The van der Waals surface area contributed by atoms with Gasteiger partial charge in [-0.1, -0.05) is 3.89 Å². The van der Waals surface area contributed by atoms with E-state index in [9.17, 15) is 25.9 Å². The predicted octanol–water partition coefficient (Wildman–Crippen LogP) is 0.00650. The van der Waals surface area contributed by atoms with Gasteiger partial charge in [0.1, 0.15) is 0 Å². The van der Waals surface area contributed by atoms with Gasteiger partial charge in [-0.15, -0.1) is 0 Å². The van der Waals surface area contributed by atoms with E-state index in [1.807, 2.05) is 0 Å². The van der Waals surface area contributed by atoms with E-state index in [2.05, 4.69) is 4.18 Å². The predicted molar refractivity (Wildman–Crippen MR) is 22.1 cm³/mol. The molecule has 0 bridgehead atoms. The summed E-state index contributed by atoms with van der Waals surface area (Å²) in [5, 5.41) is 0. The van der Waals surface area contributed by atoms with Crippen LogP contribution in [0.25, 0.3) is 0 Å². The van der Waals surface area contributed by atoms with Gasteiger partial charge in [0.05, 0.1) is 0 Å². The minimum atomic E-state index is -5.60. The molecule has 0 fully saturated rings. The number of alkyl halides is 2. The number of carbonyl (C=O) groups excluding carboxylic acids is 1. The van der Waals surface area contributed by atoms with Crippen molar-refractivity contribution >= 4 is 16.5 Å². The Morgan fingerprint density at radius 2 is 1.73 bits per heavy atom. The van der Waals surface area contributed by atoms with Gasteiger partial charge in [0.15, 0.2) is 0 Å². The largest absolute Gasteiger partial charge is 0.491 e. The molecule has 71 valence electrons. The second kappa shape index (κ2) is 4.58. The fraction of sp³-hybridized carbons (Fsp3) is 0.500. The summed E-state index contributed by atoms with van der Waals surface area (Å²) in [6.07, 6.45) is -3.65. The summed E-state index contributed by atoms with van der Waals surface area (Å²) in [7, 11) is -5.60. The van der Waals surface area contributed by atoms with Crippen LogP contribution in [0.15, 0.2) is 0 Å². The number of rotatable bonds is 2. The fourth-order valence-corrected chi connectivity index (χ4v) is 0.403. The first-order chi connectivity index (χ1) is 4.33. The van der Waals surface area contributed by atoms with E-state index >= 15 is 0 Å². The number of carbonyl (C=O) groups is 1. The fourth-order valence-electron chi connectivity index (χ4n) is 0.134. The number of hydrogen-bond acceptors (Lipinski definition) is 4. The van der Waals surface area contributed by atoms with Gasteiger partial charge in [0.2, 0.25) is 0 Å². The Labute approximate surface area is 70.6 Å². The van der Waals surface area contributed by atoms with Crippen LogP contribution >= 0.6 is 0 Å². The topological polar surface area (TPSA) is 60.4 Å². The first-order valence-electron chi connectivity index (χ1n) is 1.79. The van der Waals surface area contributed by atoms with Gasteiger partial charge in [-0.05, 0) is 0 Å².